The molecule has 1 saturated heterocycles. The Balaban J connectivity index is 1.64. The number of amides is 2. The molecule has 1 aromatic heterocycles. The fraction of sp³-hybridized carbons (Fsp3) is 0.300. The minimum absolute atomic E-state index is 0.0953. The number of aromatic nitrogens is 1. The summed E-state index contributed by atoms with van der Waals surface area (Å²) < 4.78 is 12.5. The van der Waals surface area contributed by atoms with E-state index in [1.54, 1.807) is 44.8 Å². The number of nitrogens with zero attached hydrogens (tertiary/aromatic N) is 2. The molecule has 1 atom stereocenters. The third-order valence-electron chi connectivity index (χ3n) is 7.74. The molecule has 2 aliphatic rings. The molecule has 3 heterocycles. The van der Waals surface area contributed by atoms with Crippen molar-refractivity contribution in [3.05, 3.63) is 64.5 Å². The van der Waals surface area contributed by atoms with Gasteiger partial charge in [0.15, 0.2) is 6.17 Å². The van der Waals surface area contributed by atoms with Gasteiger partial charge in [-0.15, -0.1) is 0 Å². The molecule has 10 heteroatoms. The van der Waals surface area contributed by atoms with E-state index in [0.717, 1.165) is 24.0 Å². The van der Waals surface area contributed by atoms with Crippen LogP contribution in [0.25, 0.3) is 22.8 Å². The van der Waals surface area contributed by atoms with Crippen LogP contribution in [0.3, 0.4) is 0 Å². The summed E-state index contributed by atoms with van der Waals surface area (Å²) >= 11 is 0. The maximum absolute atomic E-state index is 13.2. The van der Waals surface area contributed by atoms with E-state index in [4.69, 9.17) is 15.2 Å². The number of ether oxygens (including phenoxy) is 2. The summed E-state index contributed by atoms with van der Waals surface area (Å²) in [5.74, 6) is -0.715. The predicted octanol–water partition coefficient (Wildman–Crippen LogP) is 4.06. The first kappa shape index (κ1) is 27.0. The minimum atomic E-state index is -1.10. The number of nitrogens with one attached hydrogen (secondary N) is 1. The Morgan fingerprint density at radius 2 is 1.75 bits per heavy atom. The van der Waals surface area contributed by atoms with Crippen LogP contribution in [0.4, 0.5) is 5.69 Å². The zero-order chi connectivity index (χ0) is 28.7. The number of hydrogen-bond donors (Lipinski definition) is 3. The molecule has 0 spiro atoms. The van der Waals surface area contributed by atoms with Crippen LogP contribution in [-0.2, 0) is 9.59 Å². The average Bonchev–Trinajstić information content (AvgIpc) is 3.62. The fourth-order valence-electron chi connectivity index (χ4n) is 5.83. The molecule has 208 valence electrons. The van der Waals surface area contributed by atoms with Crippen LogP contribution in [0.2, 0.25) is 0 Å². The largest absolute Gasteiger partial charge is 0.497 e. The summed E-state index contributed by atoms with van der Waals surface area (Å²) in [6, 6.07) is 11.1. The molecular formula is C30H32N4O6. The predicted molar refractivity (Wildman–Crippen MR) is 151 cm³/mol. The maximum atomic E-state index is 13.2. The molecule has 0 aliphatic carbocycles. The number of anilines is 1. The first-order valence-corrected chi connectivity index (χ1v) is 13.0. The lowest BCUT2D eigenvalue weighted by Crippen LogP contribution is -2.41. The van der Waals surface area contributed by atoms with Crippen molar-refractivity contribution in [2.75, 3.05) is 32.6 Å². The summed E-state index contributed by atoms with van der Waals surface area (Å²) in [5, 5.41) is 12.9. The first-order valence-electron chi connectivity index (χ1n) is 13.0. The number of methoxy groups -OCH3 is 2. The molecule has 2 aromatic carbocycles. The monoisotopic (exact) mass is 544 g/mol. The zero-order valence-corrected chi connectivity index (χ0v) is 22.9. The number of carboxylic acids is 1. The van der Waals surface area contributed by atoms with Gasteiger partial charge in [-0.05, 0) is 62.1 Å². The molecule has 3 aromatic rings. The van der Waals surface area contributed by atoms with Crippen LogP contribution < -0.4 is 20.5 Å². The number of carbonyl (C=O) groups is 3. The van der Waals surface area contributed by atoms with Gasteiger partial charge in [0.25, 0.3) is 11.8 Å². The fourth-order valence-corrected chi connectivity index (χ4v) is 5.83. The van der Waals surface area contributed by atoms with Crippen molar-refractivity contribution in [1.29, 1.82) is 0 Å². The lowest BCUT2D eigenvalue weighted by molar-refractivity contribution is -0.126. The van der Waals surface area contributed by atoms with E-state index in [9.17, 15) is 19.5 Å². The molecule has 10 nitrogen and oxygen atoms in total. The highest BCUT2D eigenvalue weighted by Gasteiger charge is 2.35. The van der Waals surface area contributed by atoms with Crippen LogP contribution in [-0.4, -0.2) is 59.7 Å². The molecule has 5 rings (SSSR count). The Kier molecular flexibility index (Phi) is 7.12. The van der Waals surface area contributed by atoms with E-state index in [2.05, 4.69) is 5.32 Å². The van der Waals surface area contributed by atoms with E-state index in [1.807, 2.05) is 35.2 Å². The number of rotatable bonds is 8. The number of carboxylic acid groups (broad SMARTS) is 1. The van der Waals surface area contributed by atoms with Gasteiger partial charge in [0.1, 0.15) is 11.5 Å². The summed E-state index contributed by atoms with van der Waals surface area (Å²) in [7, 11) is 3.17. The van der Waals surface area contributed by atoms with Gasteiger partial charge < -0.3 is 30.2 Å². The second-order valence-electron chi connectivity index (χ2n) is 10.0. The number of hydrogen-bond acceptors (Lipinski definition) is 6. The number of carbonyl (C=O) groups excluding carboxylic acids is 2. The molecular weight excluding hydrogens is 512 g/mol. The average molecular weight is 545 g/mol. The Hall–Kier alpha value is -4.57. The van der Waals surface area contributed by atoms with Crippen LogP contribution in [0.15, 0.2) is 36.4 Å². The van der Waals surface area contributed by atoms with Gasteiger partial charge in [0.05, 0.1) is 25.4 Å². The summed E-state index contributed by atoms with van der Waals surface area (Å²) in [5.41, 5.74) is 10.6. The van der Waals surface area contributed by atoms with E-state index < -0.39 is 18.0 Å². The van der Waals surface area contributed by atoms with Crippen molar-refractivity contribution in [3.63, 3.8) is 0 Å². The van der Waals surface area contributed by atoms with Crippen molar-refractivity contribution >= 4 is 35.1 Å². The molecule has 1 fully saturated rings. The molecule has 0 saturated carbocycles. The van der Waals surface area contributed by atoms with E-state index >= 15 is 0 Å². The Morgan fingerprint density at radius 3 is 2.38 bits per heavy atom. The maximum Gasteiger partial charge on any atom is 0.337 e. The van der Waals surface area contributed by atoms with Crippen LogP contribution in [0.5, 0.6) is 11.5 Å². The standard InChI is InChI=1S/C30H32N4O6/c1-16-24(34(17(2)26(16)30(37)38)29(27(31)35)33-11-5-6-12-33)15-22-21-9-7-18(13-23(21)32-28(22)36)20-10-8-19(39-3)14-25(20)40-4/h7-10,13-15,29H,5-6,11-12H2,1-4H3,(H2,31,35)(H,32,36)(H,37,38). The summed E-state index contributed by atoms with van der Waals surface area (Å²) in [6.45, 7) is 4.70. The van der Waals surface area contributed by atoms with Crippen LogP contribution in [0, 0.1) is 13.8 Å². The van der Waals surface area contributed by atoms with E-state index in [0.29, 0.717) is 58.4 Å². The third kappa shape index (κ3) is 4.50. The Morgan fingerprint density at radius 1 is 1.05 bits per heavy atom. The van der Waals surface area contributed by atoms with Crippen molar-refractivity contribution < 1.29 is 29.0 Å². The second kappa shape index (κ2) is 10.5. The van der Waals surface area contributed by atoms with Gasteiger partial charge in [-0.1, -0.05) is 12.1 Å². The van der Waals surface area contributed by atoms with Crippen LogP contribution >= 0.6 is 0 Å². The quantitative estimate of drug-likeness (QED) is 0.364. The summed E-state index contributed by atoms with van der Waals surface area (Å²) in [6.07, 6.45) is 2.63. The van der Waals surface area contributed by atoms with Crippen molar-refractivity contribution in [3.8, 4) is 22.6 Å². The normalized spacial score (nSPS) is 16.6. The smallest absolute Gasteiger partial charge is 0.337 e. The zero-order valence-electron chi connectivity index (χ0n) is 22.9. The van der Waals surface area contributed by atoms with Crippen LogP contribution in [0.1, 0.15) is 51.9 Å². The van der Waals surface area contributed by atoms with E-state index in [-0.39, 0.29) is 11.5 Å². The molecule has 2 aliphatic heterocycles. The highest BCUT2D eigenvalue weighted by Crippen LogP contribution is 2.41. The van der Waals surface area contributed by atoms with Gasteiger partial charge in [-0.25, -0.2) is 4.79 Å². The Labute approximate surface area is 232 Å². The van der Waals surface area contributed by atoms with Gasteiger partial charge in [-0.2, -0.15) is 0 Å². The van der Waals surface area contributed by atoms with E-state index in [1.165, 1.54) is 0 Å². The second-order valence-corrected chi connectivity index (χ2v) is 10.0. The Bertz CT molecular complexity index is 1560. The summed E-state index contributed by atoms with van der Waals surface area (Å²) in [4.78, 5) is 40.2. The highest BCUT2D eigenvalue weighted by atomic mass is 16.5. The molecule has 2 amide bonds. The van der Waals surface area contributed by atoms with Gasteiger partial charge in [0, 0.05) is 47.4 Å². The van der Waals surface area contributed by atoms with Gasteiger partial charge >= 0.3 is 5.97 Å². The van der Waals surface area contributed by atoms with Gasteiger partial charge in [0.2, 0.25) is 0 Å². The highest BCUT2D eigenvalue weighted by molar-refractivity contribution is 6.35. The third-order valence-corrected chi connectivity index (χ3v) is 7.74. The number of primary amides is 1. The molecule has 1 unspecified atom stereocenters. The van der Waals surface area contributed by atoms with Crippen molar-refractivity contribution in [2.45, 2.75) is 32.9 Å². The molecule has 0 bridgehead atoms. The SMILES string of the molecule is COc1ccc(-c2ccc3c(c2)NC(=O)C3=Cc2c(C)c(C(=O)O)c(C)n2C(C(N)=O)N2CCCC2)c(OC)c1. The molecule has 4 N–H and O–H groups in total. The number of benzene rings is 2. The lowest BCUT2D eigenvalue weighted by Gasteiger charge is -2.29. The number of fused-ring (bicyclic) bond motifs is 1. The van der Waals surface area contributed by atoms with Crippen molar-refractivity contribution in [1.82, 2.24) is 9.47 Å². The number of likely N-dealkylation sites (tertiary alicyclic amines) is 1. The molecule has 0 radical (unpaired) electrons. The lowest BCUT2D eigenvalue weighted by atomic mass is 9.98. The first-order chi connectivity index (χ1) is 19.2. The minimum Gasteiger partial charge on any atom is -0.497 e. The topological polar surface area (TPSA) is 136 Å². The van der Waals surface area contributed by atoms with Crippen molar-refractivity contribution in [2.24, 2.45) is 5.73 Å². The molecule has 40 heavy (non-hydrogen) atoms. The number of aromatic carboxylic acids is 1. The van der Waals surface area contributed by atoms with Gasteiger partial charge in [-0.3, -0.25) is 14.5 Å². The number of nitrogens with two attached hydrogens (primary N) is 1.